The topological polar surface area (TPSA) is 124 Å². The van der Waals surface area contributed by atoms with E-state index in [-0.39, 0.29) is 29.3 Å². The van der Waals surface area contributed by atoms with Gasteiger partial charge in [-0.05, 0) is 44.0 Å². The van der Waals surface area contributed by atoms with E-state index >= 15 is 0 Å². The molecule has 2 aromatic heterocycles. The Balaban J connectivity index is 1.93. The maximum absolute atomic E-state index is 14.7. The van der Waals surface area contributed by atoms with Gasteiger partial charge in [-0.3, -0.25) is 9.48 Å². The van der Waals surface area contributed by atoms with Gasteiger partial charge in [0.05, 0.1) is 17.3 Å². The van der Waals surface area contributed by atoms with E-state index in [0.29, 0.717) is 5.69 Å². The molecule has 6 N–H and O–H groups in total. The molecule has 3 aromatic rings. The largest absolute Gasteiger partial charge is 0.365 e. The molecule has 1 amide bonds. The highest BCUT2D eigenvalue weighted by molar-refractivity contribution is 5.99. The Labute approximate surface area is 187 Å². The molecular formula is C23H32FN7O. The molecule has 0 saturated heterocycles. The second kappa shape index (κ2) is 10.4. The number of halogens is 1. The van der Waals surface area contributed by atoms with Crippen LogP contribution in [0.25, 0.3) is 10.9 Å². The van der Waals surface area contributed by atoms with E-state index < -0.39 is 11.7 Å². The van der Waals surface area contributed by atoms with Gasteiger partial charge < -0.3 is 22.1 Å². The van der Waals surface area contributed by atoms with Crippen molar-refractivity contribution in [1.29, 1.82) is 0 Å². The van der Waals surface area contributed by atoms with Crippen molar-refractivity contribution >= 4 is 34.1 Å². The zero-order chi connectivity index (χ0) is 23.3. The van der Waals surface area contributed by atoms with E-state index in [1.807, 2.05) is 29.8 Å². The Hall–Kier alpha value is -3.20. The number of anilines is 3. The van der Waals surface area contributed by atoms with Crippen LogP contribution in [-0.2, 0) is 6.54 Å². The van der Waals surface area contributed by atoms with E-state index in [4.69, 9.17) is 11.5 Å². The maximum atomic E-state index is 14.7. The van der Waals surface area contributed by atoms with Crippen LogP contribution in [0.4, 0.5) is 21.7 Å². The summed E-state index contributed by atoms with van der Waals surface area (Å²) >= 11 is 0. The number of hydrogen-bond donors (Lipinski definition) is 4. The molecule has 1 aromatic carbocycles. The third kappa shape index (κ3) is 5.34. The first-order valence-electron chi connectivity index (χ1n) is 11.1. The lowest BCUT2D eigenvalue weighted by Crippen LogP contribution is -2.38. The number of primary amides is 1. The van der Waals surface area contributed by atoms with Gasteiger partial charge in [0.25, 0.3) is 5.91 Å². The second-order valence-electron chi connectivity index (χ2n) is 8.10. The number of amides is 1. The fourth-order valence-electron chi connectivity index (χ4n) is 3.63. The summed E-state index contributed by atoms with van der Waals surface area (Å²) in [5.74, 6) is -1.20. The minimum atomic E-state index is -0.767. The quantitative estimate of drug-likeness (QED) is 0.354. The van der Waals surface area contributed by atoms with Crippen molar-refractivity contribution in [2.24, 2.45) is 11.5 Å². The zero-order valence-electron chi connectivity index (χ0n) is 18.9. The average molecular weight is 442 g/mol. The van der Waals surface area contributed by atoms with Gasteiger partial charge in [-0.15, -0.1) is 0 Å². The van der Waals surface area contributed by atoms with Crippen LogP contribution >= 0.6 is 0 Å². The molecule has 172 valence electrons. The first kappa shape index (κ1) is 23.5. The van der Waals surface area contributed by atoms with Crippen LogP contribution in [0.3, 0.4) is 0 Å². The molecule has 9 heteroatoms. The number of aryl methyl sites for hydroxylation is 1. The van der Waals surface area contributed by atoms with Crippen LogP contribution < -0.4 is 22.1 Å². The number of aromatic nitrogens is 3. The molecule has 0 aliphatic heterocycles. The van der Waals surface area contributed by atoms with Crippen LogP contribution in [0.5, 0.6) is 0 Å². The number of benzene rings is 1. The van der Waals surface area contributed by atoms with Crippen molar-refractivity contribution in [2.45, 2.75) is 65.1 Å². The lowest BCUT2D eigenvalue weighted by Gasteiger charge is -2.23. The van der Waals surface area contributed by atoms with Gasteiger partial charge in [-0.2, -0.15) is 5.10 Å². The van der Waals surface area contributed by atoms with E-state index in [1.54, 1.807) is 6.20 Å². The third-order valence-corrected chi connectivity index (χ3v) is 5.41. The molecule has 0 radical (unpaired) electrons. The summed E-state index contributed by atoms with van der Waals surface area (Å²) in [5, 5.41) is 11.6. The van der Waals surface area contributed by atoms with E-state index in [0.717, 1.165) is 49.2 Å². The SMILES string of the molecule is CCCC[C@@H](Nc1nc(Nc2ccc3c(cnn3CCC)c2)c(C(N)=O)cc1F)[C@H](C)N. The Kier molecular flexibility index (Phi) is 7.63. The van der Waals surface area contributed by atoms with Crippen molar-refractivity contribution in [3.63, 3.8) is 0 Å². The minimum Gasteiger partial charge on any atom is -0.365 e. The number of carbonyl (C=O) groups excluding carboxylic acids is 1. The van der Waals surface area contributed by atoms with Gasteiger partial charge in [-0.1, -0.05) is 26.7 Å². The molecule has 8 nitrogen and oxygen atoms in total. The van der Waals surface area contributed by atoms with Crippen molar-refractivity contribution in [2.75, 3.05) is 10.6 Å². The molecule has 0 fully saturated rings. The molecule has 0 saturated carbocycles. The highest BCUT2D eigenvalue weighted by Gasteiger charge is 2.20. The van der Waals surface area contributed by atoms with Crippen molar-refractivity contribution < 1.29 is 9.18 Å². The van der Waals surface area contributed by atoms with Crippen LogP contribution in [0.15, 0.2) is 30.5 Å². The molecule has 32 heavy (non-hydrogen) atoms. The first-order valence-corrected chi connectivity index (χ1v) is 11.1. The Morgan fingerprint density at radius 1 is 1.22 bits per heavy atom. The van der Waals surface area contributed by atoms with Gasteiger partial charge in [0.15, 0.2) is 11.6 Å². The smallest absolute Gasteiger partial charge is 0.252 e. The molecule has 0 unspecified atom stereocenters. The highest BCUT2D eigenvalue weighted by atomic mass is 19.1. The van der Waals surface area contributed by atoms with Gasteiger partial charge in [-0.25, -0.2) is 9.37 Å². The summed E-state index contributed by atoms with van der Waals surface area (Å²) in [5.41, 5.74) is 13.2. The van der Waals surface area contributed by atoms with Gasteiger partial charge in [0.1, 0.15) is 5.82 Å². The number of carbonyl (C=O) groups is 1. The molecular weight excluding hydrogens is 409 g/mol. The monoisotopic (exact) mass is 441 g/mol. The molecule has 0 spiro atoms. The average Bonchev–Trinajstić information content (AvgIpc) is 3.15. The fraction of sp³-hybridized carbons (Fsp3) is 0.435. The third-order valence-electron chi connectivity index (χ3n) is 5.41. The van der Waals surface area contributed by atoms with Crippen LogP contribution in [0.1, 0.15) is 56.8 Å². The lowest BCUT2D eigenvalue weighted by molar-refractivity contribution is 0.100. The summed E-state index contributed by atoms with van der Waals surface area (Å²) in [6.07, 6.45) is 5.52. The standard InChI is InChI=1S/C23H32FN7O/c1-4-6-7-19(14(3)25)29-23-18(24)12-17(21(26)32)22(30-23)28-16-8-9-20-15(11-16)13-27-31(20)10-5-2/h8-9,11-14,19H,4-7,10,25H2,1-3H3,(H2,26,32)(H2,28,29,30)/t14-,19+/m0/s1. The molecule has 0 bridgehead atoms. The Morgan fingerprint density at radius 2 is 2.00 bits per heavy atom. The van der Waals surface area contributed by atoms with Crippen molar-refractivity contribution in [1.82, 2.24) is 14.8 Å². The lowest BCUT2D eigenvalue weighted by atomic mass is 10.0. The predicted octanol–water partition coefficient (Wildman–Crippen LogP) is 4.14. The zero-order valence-corrected chi connectivity index (χ0v) is 18.9. The molecule has 2 heterocycles. The molecule has 0 aliphatic rings. The maximum Gasteiger partial charge on any atom is 0.252 e. The van der Waals surface area contributed by atoms with E-state index in [9.17, 15) is 9.18 Å². The summed E-state index contributed by atoms with van der Waals surface area (Å²) in [6, 6.07) is 6.48. The van der Waals surface area contributed by atoms with E-state index in [1.165, 1.54) is 0 Å². The fourth-order valence-corrected chi connectivity index (χ4v) is 3.63. The van der Waals surface area contributed by atoms with Gasteiger partial charge >= 0.3 is 0 Å². The molecule has 0 aliphatic carbocycles. The van der Waals surface area contributed by atoms with E-state index in [2.05, 4.69) is 34.6 Å². The van der Waals surface area contributed by atoms with Gasteiger partial charge in [0, 0.05) is 29.7 Å². The highest BCUT2D eigenvalue weighted by Crippen LogP contribution is 2.27. The summed E-state index contributed by atoms with van der Waals surface area (Å²) < 4.78 is 16.7. The number of hydrogen-bond acceptors (Lipinski definition) is 6. The first-order chi connectivity index (χ1) is 15.3. The van der Waals surface area contributed by atoms with Crippen LogP contribution in [0, 0.1) is 5.82 Å². The minimum absolute atomic E-state index is 0.0271. The van der Waals surface area contributed by atoms with Crippen molar-refractivity contribution in [3.8, 4) is 0 Å². The number of nitrogens with one attached hydrogen (secondary N) is 2. The van der Waals surface area contributed by atoms with Crippen LogP contribution in [-0.4, -0.2) is 32.8 Å². The number of unbranched alkanes of at least 4 members (excludes halogenated alkanes) is 1. The summed E-state index contributed by atoms with van der Waals surface area (Å²) in [4.78, 5) is 16.3. The summed E-state index contributed by atoms with van der Waals surface area (Å²) in [6.45, 7) is 6.88. The molecule has 2 atom stereocenters. The van der Waals surface area contributed by atoms with Crippen molar-refractivity contribution in [3.05, 3.63) is 41.8 Å². The Bertz CT molecular complexity index is 1080. The van der Waals surface area contributed by atoms with Crippen LogP contribution in [0.2, 0.25) is 0 Å². The number of rotatable bonds is 11. The normalized spacial score (nSPS) is 13.2. The number of pyridine rings is 1. The van der Waals surface area contributed by atoms with Gasteiger partial charge in [0.2, 0.25) is 0 Å². The number of fused-ring (bicyclic) bond motifs is 1. The molecule has 3 rings (SSSR count). The predicted molar refractivity (Wildman–Crippen MR) is 127 cm³/mol. The second-order valence-corrected chi connectivity index (χ2v) is 8.10. The summed E-state index contributed by atoms with van der Waals surface area (Å²) in [7, 11) is 0. The number of nitrogens with two attached hydrogens (primary N) is 2. The number of nitrogens with zero attached hydrogens (tertiary/aromatic N) is 3. The Morgan fingerprint density at radius 3 is 2.66 bits per heavy atom.